The lowest BCUT2D eigenvalue weighted by atomic mass is 9.52. The fourth-order valence-corrected chi connectivity index (χ4v) is 8.63. The molecule has 8 atom stereocenters. The van der Waals surface area contributed by atoms with Gasteiger partial charge in [0.25, 0.3) is 0 Å². The lowest BCUT2D eigenvalue weighted by Gasteiger charge is -2.53. The van der Waals surface area contributed by atoms with Crippen molar-refractivity contribution in [3.05, 3.63) is 46.6 Å². The average molecular weight is 539 g/mol. The molecule has 0 saturated heterocycles. The highest BCUT2D eigenvalue weighted by Gasteiger charge is 2.66. The molecule has 0 aromatic rings. The summed E-state index contributed by atoms with van der Waals surface area (Å²) in [5.74, 6) is -1.05. The molecular formula is C32H42O7. The second-order valence-corrected chi connectivity index (χ2v) is 13.2. The highest BCUT2D eigenvalue weighted by molar-refractivity contribution is 5.89. The van der Waals surface area contributed by atoms with Crippen molar-refractivity contribution < 1.29 is 33.7 Å². The topological polar surface area (TPSA) is 99.1 Å². The molecule has 0 radical (unpaired) electrons. The maximum absolute atomic E-state index is 12.4. The van der Waals surface area contributed by atoms with E-state index in [1.165, 1.54) is 24.1 Å². The van der Waals surface area contributed by atoms with Gasteiger partial charge in [-0.25, -0.2) is 9.59 Å². The third-order valence-electron chi connectivity index (χ3n) is 10.9. The Morgan fingerprint density at radius 2 is 1.87 bits per heavy atom. The van der Waals surface area contributed by atoms with Crippen LogP contribution in [0.5, 0.6) is 0 Å². The summed E-state index contributed by atoms with van der Waals surface area (Å²) in [4.78, 5) is 37.1. The second-order valence-electron chi connectivity index (χ2n) is 13.2. The van der Waals surface area contributed by atoms with Crippen LogP contribution in [0.25, 0.3) is 0 Å². The predicted molar refractivity (Wildman–Crippen MR) is 145 cm³/mol. The first-order chi connectivity index (χ1) is 18.2. The first kappa shape index (κ1) is 27.9. The molecule has 212 valence electrons. The smallest absolute Gasteiger partial charge is 0.333 e. The molecule has 7 heteroatoms. The number of allylic oxidation sites excluding steroid dienone is 3. The summed E-state index contributed by atoms with van der Waals surface area (Å²) in [6.07, 6.45) is 9.41. The monoisotopic (exact) mass is 538 g/mol. The number of cyclic esters (lactones) is 2. The Bertz CT molecular complexity index is 1220. The largest absolute Gasteiger partial charge is 0.462 e. The Balaban J connectivity index is 1.57. The Morgan fingerprint density at radius 1 is 1.15 bits per heavy atom. The van der Waals surface area contributed by atoms with Crippen LogP contribution in [-0.4, -0.2) is 46.9 Å². The zero-order valence-corrected chi connectivity index (χ0v) is 24.2. The van der Waals surface area contributed by atoms with Crippen molar-refractivity contribution in [1.82, 2.24) is 0 Å². The minimum Gasteiger partial charge on any atom is -0.462 e. The lowest BCUT2D eigenvalue weighted by Crippen LogP contribution is -2.50. The Hall–Kier alpha value is -2.67. The molecule has 2 aliphatic heterocycles. The maximum atomic E-state index is 12.4. The number of hydrogen-bond donors (Lipinski definition) is 1. The van der Waals surface area contributed by atoms with Gasteiger partial charge in [-0.1, -0.05) is 38.5 Å². The van der Waals surface area contributed by atoms with E-state index in [1.807, 2.05) is 19.9 Å². The van der Waals surface area contributed by atoms with Crippen LogP contribution in [0.4, 0.5) is 0 Å². The van der Waals surface area contributed by atoms with E-state index in [-0.39, 0.29) is 41.2 Å². The van der Waals surface area contributed by atoms with Gasteiger partial charge < -0.3 is 19.3 Å². The van der Waals surface area contributed by atoms with Gasteiger partial charge >= 0.3 is 17.9 Å². The zero-order chi connectivity index (χ0) is 28.5. The van der Waals surface area contributed by atoms with Crippen LogP contribution >= 0.6 is 0 Å². The second kappa shape index (κ2) is 9.46. The molecule has 5 aliphatic rings. The summed E-state index contributed by atoms with van der Waals surface area (Å²) in [5, 5.41) is 10.9. The Labute approximate surface area is 231 Å². The highest BCUT2D eigenvalue weighted by Crippen LogP contribution is 2.69. The minimum absolute atomic E-state index is 0.0516. The maximum Gasteiger partial charge on any atom is 0.333 e. The fraction of sp³-hybridized carbons (Fsp3) is 0.656. The number of aliphatic hydroxyl groups excluding tert-OH is 1. The molecule has 0 aromatic heterocycles. The predicted octanol–water partition coefficient (Wildman–Crippen LogP) is 5.14. The van der Waals surface area contributed by atoms with Crippen LogP contribution in [0, 0.1) is 28.6 Å². The molecule has 0 unspecified atom stereocenters. The molecule has 0 spiro atoms. The quantitative estimate of drug-likeness (QED) is 0.392. The minimum atomic E-state index is -0.870. The van der Waals surface area contributed by atoms with Gasteiger partial charge in [0.1, 0.15) is 23.9 Å². The number of aliphatic hydroxyl groups is 1. The third-order valence-corrected chi connectivity index (χ3v) is 10.9. The molecule has 0 bridgehead atoms. The van der Waals surface area contributed by atoms with Gasteiger partial charge in [0.05, 0.1) is 0 Å². The summed E-state index contributed by atoms with van der Waals surface area (Å²) in [6, 6.07) is 0. The summed E-state index contributed by atoms with van der Waals surface area (Å²) in [5.41, 5.74) is 2.77. The number of rotatable bonds is 3. The molecular weight excluding hydrogens is 496 g/mol. The van der Waals surface area contributed by atoms with Crippen LogP contribution in [-0.2, 0) is 28.6 Å². The van der Waals surface area contributed by atoms with E-state index in [0.717, 1.165) is 31.3 Å². The van der Waals surface area contributed by atoms with E-state index >= 15 is 0 Å². The van der Waals surface area contributed by atoms with Crippen LogP contribution in [0.15, 0.2) is 46.6 Å². The van der Waals surface area contributed by atoms with Gasteiger partial charge in [0.2, 0.25) is 0 Å². The molecule has 3 aliphatic carbocycles. The van der Waals surface area contributed by atoms with Crippen molar-refractivity contribution in [1.29, 1.82) is 0 Å². The first-order valence-corrected chi connectivity index (χ1v) is 14.3. The van der Waals surface area contributed by atoms with E-state index in [0.29, 0.717) is 12.0 Å². The standard InChI is InChI=1S/C32H42O7/c1-17-14-25(34)28(38-29(17)36)18(2)24-16-26(37-19(3)33)32(7)23-10-9-22-20(8-11-27(35)39-30(22,4)5)15-21(23)12-13-31(24,32)6/h8,11,14-15,18,22,24-26,28,34H,9-10,12-13,16H2,1-7H3/t18-,22+,24+,25+,26+,28-,31+,32+/m0/s1. The SMILES string of the molecule is CC(=O)O[C@@H]1C[C@H]([C@H](C)[C@@H]2OC(=O)C(C)=C[C@H]2O)[C@@]2(C)CCC3=C(CC[C@@H]4C(=C3)C=CC(=O)OC4(C)C)[C@]12C. The molecule has 5 rings (SSSR count). The number of ether oxygens (including phenoxy) is 3. The van der Waals surface area contributed by atoms with E-state index in [2.05, 4.69) is 26.8 Å². The zero-order valence-electron chi connectivity index (χ0n) is 24.2. The lowest BCUT2D eigenvalue weighted by molar-refractivity contribution is -0.159. The van der Waals surface area contributed by atoms with Crippen molar-refractivity contribution in [3.8, 4) is 0 Å². The van der Waals surface area contributed by atoms with E-state index in [9.17, 15) is 19.5 Å². The molecule has 1 N–H and O–H groups in total. The number of esters is 3. The number of fused-ring (bicyclic) bond motifs is 3. The Morgan fingerprint density at radius 3 is 2.56 bits per heavy atom. The highest BCUT2D eigenvalue weighted by atomic mass is 16.6. The van der Waals surface area contributed by atoms with Crippen LogP contribution in [0.1, 0.15) is 80.6 Å². The first-order valence-electron chi connectivity index (χ1n) is 14.3. The molecule has 0 amide bonds. The third kappa shape index (κ3) is 4.32. The van der Waals surface area contributed by atoms with Gasteiger partial charge in [-0.2, -0.15) is 0 Å². The van der Waals surface area contributed by atoms with E-state index < -0.39 is 29.2 Å². The summed E-state index contributed by atoms with van der Waals surface area (Å²) < 4.78 is 17.7. The van der Waals surface area contributed by atoms with Crippen molar-refractivity contribution in [2.24, 2.45) is 28.6 Å². The molecule has 1 fully saturated rings. The number of carbonyl (C=O) groups is 3. The van der Waals surface area contributed by atoms with E-state index in [4.69, 9.17) is 14.2 Å². The average Bonchev–Trinajstić information content (AvgIpc) is 2.96. The summed E-state index contributed by atoms with van der Waals surface area (Å²) in [6.45, 7) is 13.7. The number of hydrogen-bond acceptors (Lipinski definition) is 7. The van der Waals surface area contributed by atoms with Crippen molar-refractivity contribution in [2.75, 3.05) is 0 Å². The van der Waals surface area contributed by atoms with Crippen molar-refractivity contribution in [3.63, 3.8) is 0 Å². The van der Waals surface area contributed by atoms with Crippen molar-refractivity contribution >= 4 is 17.9 Å². The normalized spacial score (nSPS) is 40.1. The van der Waals surface area contributed by atoms with Crippen LogP contribution < -0.4 is 0 Å². The molecule has 0 aromatic carbocycles. The van der Waals surface area contributed by atoms with E-state index in [1.54, 1.807) is 13.0 Å². The molecule has 1 saturated carbocycles. The molecule has 2 heterocycles. The summed E-state index contributed by atoms with van der Waals surface area (Å²) >= 11 is 0. The van der Waals surface area contributed by atoms with Gasteiger partial charge in [-0.3, -0.25) is 4.79 Å². The van der Waals surface area contributed by atoms with Gasteiger partial charge in [-0.05, 0) is 87.3 Å². The van der Waals surface area contributed by atoms with Crippen molar-refractivity contribution in [2.45, 2.75) is 104 Å². The molecule has 39 heavy (non-hydrogen) atoms. The van der Waals surface area contributed by atoms with Crippen LogP contribution in [0.2, 0.25) is 0 Å². The number of carbonyl (C=O) groups excluding carboxylic acids is 3. The summed E-state index contributed by atoms with van der Waals surface area (Å²) in [7, 11) is 0. The van der Waals surface area contributed by atoms with Gasteiger partial charge in [0.15, 0.2) is 0 Å². The van der Waals surface area contributed by atoms with Crippen LogP contribution in [0.3, 0.4) is 0 Å². The Kier molecular flexibility index (Phi) is 6.77. The fourth-order valence-electron chi connectivity index (χ4n) is 8.63. The molecule has 7 nitrogen and oxygen atoms in total. The van der Waals surface area contributed by atoms with Gasteiger partial charge in [-0.15, -0.1) is 0 Å². The van der Waals surface area contributed by atoms with Gasteiger partial charge in [0, 0.05) is 29.9 Å².